The average molecular weight is 356 g/mol. The molecule has 134 valence electrons. The zero-order valence-corrected chi connectivity index (χ0v) is 14.4. The zero-order chi connectivity index (χ0) is 17.3. The third-order valence-electron chi connectivity index (χ3n) is 4.77. The second-order valence-corrected chi connectivity index (χ2v) is 8.32. The first-order chi connectivity index (χ1) is 11.4. The number of benzene rings is 1. The van der Waals surface area contributed by atoms with Gasteiger partial charge in [-0.3, -0.25) is 4.90 Å². The zero-order valence-electron chi connectivity index (χ0n) is 13.6. The van der Waals surface area contributed by atoms with Crippen molar-refractivity contribution in [1.29, 1.82) is 0 Å². The number of ether oxygens (including phenoxy) is 1. The number of aliphatic hydroxyl groups is 2. The fraction of sp³-hybridized carbons (Fsp3) is 0.625. The van der Waals surface area contributed by atoms with Crippen LogP contribution in [0.4, 0.5) is 0 Å². The van der Waals surface area contributed by atoms with Crippen LogP contribution in [0.3, 0.4) is 0 Å². The summed E-state index contributed by atoms with van der Waals surface area (Å²) in [6, 6.07) is 7.82. The Morgan fingerprint density at radius 2 is 2.00 bits per heavy atom. The molecular formula is C16H24N2O5S. The lowest BCUT2D eigenvalue weighted by molar-refractivity contribution is -0.0201. The number of fused-ring (bicyclic) bond motifs is 1. The molecule has 2 aliphatic rings. The van der Waals surface area contributed by atoms with Gasteiger partial charge in [-0.2, -0.15) is 0 Å². The molecule has 2 aliphatic heterocycles. The van der Waals surface area contributed by atoms with Crippen LogP contribution in [0.1, 0.15) is 11.1 Å². The fourth-order valence-corrected chi connectivity index (χ4v) is 4.07. The summed E-state index contributed by atoms with van der Waals surface area (Å²) in [7, 11) is -3.35. The summed E-state index contributed by atoms with van der Waals surface area (Å²) >= 11 is 0. The Kier molecular flexibility index (Phi) is 5.24. The van der Waals surface area contributed by atoms with Gasteiger partial charge in [0.05, 0.1) is 25.0 Å². The number of nitrogens with zero attached hydrogens (tertiary/aromatic N) is 1. The van der Waals surface area contributed by atoms with Gasteiger partial charge in [-0.1, -0.05) is 24.3 Å². The fourth-order valence-electron chi connectivity index (χ4n) is 3.60. The molecule has 1 aromatic rings. The maximum Gasteiger partial charge on any atom is 0.208 e. The predicted octanol–water partition coefficient (Wildman–Crippen LogP) is -0.917. The Bertz CT molecular complexity index is 681. The minimum Gasteiger partial charge on any atom is -0.394 e. The minimum atomic E-state index is -3.35. The van der Waals surface area contributed by atoms with Crippen LogP contribution in [-0.2, 0) is 27.7 Å². The highest BCUT2D eigenvalue weighted by atomic mass is 32.2. The quantitative estimate of drug-likeness (QED) is 0.631. The van der Waals surface area contributed by atoms with Crippen LogP contribution in [-0.4, -0.2) is 73.8 Å². The SMILES string of the molecule is CS(=O)(=O)NC[C@H]1O[C@@H](CO)[C@@H](O)[C@H]1N1CCc2ccccc2C1. The van der Waals surface area contributed by atoms with Crippen molar-refractivity contribution in [3.8, 4) is 0 Å². The van der Waals surface area contributed by atoms with E-state index in [2.05, 4.69) is 21.8 Å². The third-order valence-corrected chi connectivity index (χ3v) is 5.46. The van der Waals surface area contributed by atoms with Crippen LogP contribution in [0, 0.1) is 0 Å². The summed E-state index contributed by atoms with van der Waals surface area (Å²) in [4.78, 5) is 2.12. The molecule has 3 rings (SSSR count). The second-order valence-electron chi connectivity index (χ2n) is 6.49. The van der Waals surface area contributed by atoms with Gasteiger partial charge in [0.2, 0.25) is 10.0 Å². The Hall–Kier alpha value is -1.03. The molecule has 0 unspecified atom stereocenters. The summed E-state index contributed by atoms with van der Waals surface area (Å²) in [6.45, 7) is 1.22. The summed E-state index contributed by atoms with van der Waals surface area (Å²) in [5.74, 6) is 0. The monoisotopic (exact) mass is 356 g/mol. The van der Waals surface area contributed by atoms with E-state index < -0.39 is 28.3 Å². The smallest absolute Gasteiger partial charge is 0.208 e. The highest BCUT2D eigenvalue weighted by Gasteiger charge is 2.46. The Morgan fingerprint density at radius 1 is 1.29 bits per heavy atom. The number of rotatable bonds is 5. The van der Waals surface area contributed by atoms with Gasteiger partial charge in [0.1, 0.15) is 12.2 Å². The van der Waals surface area contributed by atoms with Crippen LogP contribution < -0.4 is 4.72 Å². The molecule has 1 saturated heterocycles. The molecule has 4 atom stereocenters. The standard InChI is InChI=1S/C16H24N2O5S/c1-24(21,22)17-8-13-15(16(20)14(10-19)23-13)18-7-6-11-4-2-3-5-12(11)9-18/h2-5,13-17,19-20H,6-10H2,1H3/t13-,14+,15+,16-/m1/s1. The van der Waals surface area contributed by atoms with Gasteiger partial charge in [0, 0.05) is 19.6 Å². The molecule has 0 spiro atoms. The molecule has 0 saturated carbocycles. The lowest BCUT2D eigenvalue weighted by Gasteiger charge is -2.37. The normalized spacial score (nSPS) is 31.1. The van der Waals surface area contributed by atoms with Crippen LogP contribution in [0.25, 0.3) is 0 Å². The number of hydrogen-bond acceptors (Lipinski definition) is 6. The van der Waals surface area contributed by atoms with E-state index in [9.17, 15) is 18.6 Å². The van der Waals surface area contributed by atoms with Gasteiger partial charge in [0.25, 0.3) is 0 Å². The Morgan fingerprint density at radius 3 is 2.67 bits per heavy atom. The minimum absolute atomic E-state index is 0.0786. The van der Waals surface area contributed by atoms with Crippen molar-refractivity contribution in [3.05, 3.63) is 35.4 Å². The van der Waals surface area contributed by atoms with Crippen molar-refractivity contribution in [2.24, 2.45) is 0 Å². The molecule has 24 heavy (non-hydrogen) atoms. The van der Waals surface area contributed by atoms with Crippen molar-refractivity contribution in [3.63, 3.8) is 0 Å². The summed E-state index contributed by atoms with van der Waals surface area (Å²) in [6.07, 6.45) is -0.0917. The van der Waals surface area contributed by atoms with Crippen LogP contribution in [0.5, 0.6) is 0 Å². The predicted molar refractivity (Wildman–Crippen MR) is 88.9 cm³/mol. The van der Waals surface area contributed by atoms with Gasteiger partial charge in [-0.15, -0.1) is 0 Å². The average Bonchev–Trinajstić information content (AvgIpc) is 2.87. The highest BCUT2D eigenvalue weighted by Crippen LogP contribution is 2.30. The van der Waals surface area contributed by atoms with Crippen molar-refractivity contribution in [1.82, 2.24) is 9.62 Å². The number of aliphatic hydroxyl groups excluding tert-OH is 2. The van der Waals surface area contributed by atoms with Gasteiger partial charge in [-0.05, 0) is 17.5 Å². The van der Waals surface area contributed by atoms with E-state index in [1.807, 2.05) is 12.1 Å². The topological polar surface area (TPSA) is 99.1 Å². The van der Waals surface area contributed by atoms with E-state index in [-0.39, 0.29) is 19.2 Å². The molecule has 0 amide bonds. The largest absolute Gasteiger partial charge is 0.394 e. The highest BCUT2D eigenvalue weighted by molar-refractivity contribution is 7.88. The molecule has 0 aromatic heterocycles. The maximum atomic E-state index is 11.4. The van der Waals surface area contributed by atoms with Crippen LogP contribution in [0.15, 0.2) is 24.3 Å². The molecule has 0 radical (unpaired) electrons. The van der Waals surface area contributed by atoms with E-state index in [1.54, 1.807) is 0 Å². The van der Waals surface area contributed by atoms with Gasteiger partial charge in [0.15, 0.2) is 0 Å². The molecule has 0 bridgehead atoms. The first-order valence-electron chi connectivity index (χ1n) is 8.09. The summed E-state index contributed by atoms with van der Waals surface area (Å²) < 4.78 is 30.9. The molecule has 1 aromatic carbocycles. The molecule has 3 N–H and O–H groups in total. The molecule has 7 nitrogen and oxygen atoms in total. The van der Waals surface area contributed by atoms with E-state index >= 15 is 0 Å². The molecule has 2 heterocycles. The molecular weight excluding hydrogens is 332 g/mol. The Labute approximate surface area is 142 Å². The number of nitrogens with one attached hydrogen (secondary N) is 1. The van der Waals surface area contributed by atoms with Crippen molar-refractivity contribution >= 4 is 10.0 Å². The first-order valence-corrected chi connectivity index (χ1v) is 9.98. The maximum absolute atomic E-state index is 11.4. The lowest BCUT2D eigenvalue weighted by Crippen LogP contribution is -2.52. The molecule has 1 fully saturated rings. The summed E-state index contributed by atoms with van der Waals surface area (Å²) in [5.41, 5.74) is 2.50. The van der Waals surface area contributed by atoms with Crippen molar-refractivity contribution in [2.45, 2.75) is 37.3 Å². The number of sulfonamides is 1. The molecule has 8 heteroatoms. The lowest BCUT2D eigenvalue weighted by atomic mass is 9.95. The second kappa shape index (κ2) is 7.07. The Balaban J connectivity index is 1.77. The number of hydrogen-bond donors (Lipinski definition) is 3. The van der Waals surface area contributed by atoms with Gasteiger partial charge < -0.3 is 14.9 Å². The van der Waals surface area contributed by atoms with E-state index in [0.29, 0.717) is 6.54 Å². The molecule has 0 aliphatic carbocycles. The third kappa shape index (κ3) is 3.79. The summed E-state index contributed by atoms with van der Waals surface area (Å²) in [5, 5.41) is 20.0. The van der Waals surface area contributed by atoms with Crippen molar-refractivity contribution < 1.29 is 23.4 Å². The van der Waals surface area contributed by atoms with E-state index in [1.165, 1.54) is 11.1 Å². The van der Waals surface area contributed by atoms with Crippen LogP contribution >= 0.6 is 0 Å². The van der Waals surface area contributed by atoms with E-state index in [0.717, 1.165) is 19.2 Å². The van der Waals surface area contributed by atoms with Gasteiger partial charge in [-0.25, -0.2) is 13.1 Å². The van der Waals surface area contributed by atoms with E-state index in [4.69, 9.17) is 4.74 Å². The van der Waals surface area contributed by atoms with Crippen molar-refractivity contribution in [2.75, 3.05) is 26.0 Å². The van der Waals surface area contributed by atoms with Gasteiger partial charge >= 0.3 is 0 Å². The van der Waals surface area contributed by atoms with Crippen LogP contribution in [0.2, 0.25) is 0 Å². The first kappa shape index (κ1) is 17.8.